The van der Waals surface area contributed by atoms with E-state index in [0.717, 1.165) is 26.6 Å². The van der Waals surface area contributed by atoms with Crippen molar-refractivity contribution < 1.29 is 18.0 Å². The van der Waals surface area contributed by atoms with E-state index >= 15 is 0 Å². The molecule has 0 fully saturated rings. The minimum absolute atomic E-state index is 0.0464. The summed E-state index contributed by atoms with van der Waals surface area (Å²) in [4.78, 5) is 29.6. The van der Waals surface area contributed by atoms with Gasteiger partial charge in [-0.2, -0.15) is 0 Å². The summed E-state index contributed by atoms with van der Waals surface area (Å²) in [6.45, 7) is 7.38. The molecule has 4 aromatic rings. The molecular formula is C35H38ClN3O4S. The Morgan fingerprint density at radius 3 is 2.16 bits per heavy atom. The van der Waals surface area contributed by atoms with Gasteiger partial charge in [-0.15, -0.1) is 0 Å². The second-order valence-electron chi connectivity index (χ2n) is 10.9. The van der Waals surface area contributed by atoms with Crippen molar-refractivity contribution in [2.45, 2.75) is 51.6 Å². The van der Waals surface area contributed by atoms with E-state index in [2.05, 4.69) is 5.32 Å². The van der Waals surface area contributed by atoms with Crippen LogP contribution in [0.4, 0.5) is 5.69 Å². The predicted molar refractivity (Wildman–Crippen MR) is 176 cm³/mol. The highest BCUT2D eigenvalue weighted by molar-refractivity contribution is 7.92. The molecule has 4 rings (SSSR count). The molecule has 0 heterocycles. The van der Waals surface area contributed by atoms with Crippen LogP contribution in [0.2, 0.25) is 5.02 Å². The first-order valence-corrected chi connectivity index (χ1v) is 16.3. The highest BCUT2D eigenvalue weighted by Crippen LogP contribution is 2.30. The smallest absolute Gasteiger partial charge is 0.264 e. The van der Waals surface area contributed by atoms with Crippen LogP contribution in [0.5, 0.6) is 0 Å². The van der Waals surface area contributed by atoms with E-state index in [1.165, 1.54) is 17.0 Å². The monoisotopic (exact) mass is 631 g/mol. The molecule has 2 amide bonds. The van der Waals surface area contributed by atoms with Crippen LogP contribution < -0.4 is 9.62 Å². The molecule has 0 unspecified atom stereocenters. The molecule has 0 saturated carbocycles. The fourth-order valence-corrected chi connectivity index (χ4v) is 6.69. The number of carbonyl (C=O) groups excluding carboxylic acids is 2. The van der Waals surface area contributed by atoms with E-state index in [9.17, 15) is 18.0 Å². The second-order valence-corrected chi connectivity index (χ2v) is 13.2. The lowest BCUT2D eigenvalue weighted by Gasteiger charge is -2.34. The van der Waals surface area contributed by atoms with Gasteiger partial charge in [0, 0.05) is 24.5 Å². The van der Waals surface area contributed by atoms with Crippen LogP contribution in [0.3, 0.4) is 0 Å². The van der Waals surface area contributed by atoms with Gasteiger partial charge in [0.2, 0.25) is 11.8 Å². The first-order chi connectivity index (χ1) is 21.0. The van der Waals surface area contributed by atoms with Crippen molar-refractivity contribution in [1.29, 1.82) is 0 Å². The molecule has 4 aromatic carbocycles. The van der Waals surface area contributed by atoms with Crippen LogP contribution >= 0.6 is 11.6 Å². The van der Waals surface area contributed by atoms with Gasteiger partial charge in [0.25, 0.3) is 10.0 Å². The highest BCUT2D eigenvalue weighted by Gasteiger charge is 2.35. The molecule has 0 saturated heterocycles. The number of rotatable bonds is 12. The van der Waals surface area contributed by atoms with Crippen molar-refractivity contribution in [2.24, 2.45) is 0 Å². The Kier molecular flexibility index (Phi) is 10.8. The molecule has 230 valence electrons. The molecule has 0 spiro atoms. The van der Waals surface area contributed by atoms with Crippen molar-refractivity contribution in [3.63, 3.8) is 0 Å². The number of nitrogens with one attached hydrogen (secondary N) is 1. The van der Waals surface area contributed by atoms with Crippen LogP contribution in [0, 0.1) is 20.8 Å². The van der Waals surface area contributed by atoms with E-state index in [0.29, 0.717) is 22.8 Å². The van der Waals surface area contributed by atoms with Crippen LogP contribution in [-0.4, -0.2) is 44.3 Å². The molecule has 0 bridgehead atoms. The van der Waals surface area contributed by atoms with Gasteiger partial charge in [-0.3, -0.25) is 13.9 Å². The van der Waals surface area contributed by atoms with Gasteiger partial charge in [-0.25, -0.2) is 8.42 Å². The van der Waals surface area contributed by atoms with Gasteiger partial charge in [0.1, 0.15) is 12.6 Å². The lowest BCUT2D eigenvalue weighted by atomic mass is 10.0. The average Bonchev–Trinajstić information content (AvgIpc) is 2.99. The summed E-state index contributed by atoms with van der Waals surface area (Å²) in [5.74, 6) is -0.835. The molecule has 0 aliphatic rings. The Morgan fingerprint density at radius 1 is 0.818 bits per heavy atom. The van der Waals surface area contributed by atoms with Crippen molar-refractivity contribution >= 4 is 39.1 Å². The van der Waals surface area contributed by atoms with Crippen LogP contribution in [0.15, 0.2) is 102 Å². The maximum Gasteiger partial charge on any atom is 0.264 e. The number of amides is 2. The van der Waals surface area contributed by atoms with E-state index in [1.807, 2.05) is 75.4 Å². The van der Waals surface area contributed by atoms with Crippen LogP contribution in [0.1, 0.15) is 34.7 Å². The molecular weight excluding hydrogens is 594 g/mol. The number of hydrogen-bond donors (Lipinski definition) is 1. The molecule has 44 heavy (non-hydrogen) atoms. The van der Waals surface area contributed by atoms with Crippen LogP contribution in [0.25, 0.3) is 0 Å². The summed E-state index contributed by atoms with van der Waals surface area (Å²) in [5.41, 5.74) is 4.53. The molecule has 0 aliphatic heterocycles. The Bertz CT molecular complexity index is 1710. The number of aryl methyl sites for hydroxylation is 3. The van der Waals surface area contributed by atoms with Gasteiger partial charge in [0.15, 0.2) is 0 Å². The van der Waals surface area contributed by atoms with Gasteiger partial charge >= 0.3 is 0 Å². The summed E-state index contributed by atoms with van der Waals surface area (Å²) in [5, 5.41) is 3.22. The lowest BCUT2D eigenvalue weighted by Crippen LogP contribution is -2.53. The number of nitrogens with zero attached hydrogens (tertiary/aromatic N) is 2. The third kappa shape index (κ3) is 8.07. The minimum Gasteiger partial charge on any atom is -0.355 e. The molecule has 9 heteroatoms. The summed E-state index contributed by atoms with van der Waals surface area (Å²) in [6.07, 6.45) is 0.255. The summed E-state index contributed by atoms with van der Waals surface area (Å²) >= 11 is 6.35. The van der Waals surface area contributed by atoms with E-state index in [-0.39, 0.29) is 23.8 Å². The number of likely N-dealkylation sites (N-methyl/N-ethyl adjacent to an activating group) is 1. The Hall–Kier alpha value is -4.14. The Morgan fingerprint density at radius 2 is 1.50 bits per heavy atom. The maximum atomic E-state index is 14.5. The van der Waals surface area contributed by atoms with Crippen molar-refractivity contribution in [3.05, 3.63) is 130 Å². The fraction of sp³-hybridized carbons (Fsp3) is 0.257. The zero-order valence-corrected chi connectivity index (χ0v) is 27.0. The standard InChI is InChI=1S/C35H38ClN3O4S/c1-5-37-35(41)33(21-28-11-7-6-8-12-28)38(23-29-13-9-10-26(3)20-29)34(40)24-39(32-22-30(36)17-16-27(32)4)44(42,43)31-18-14-25(2)15-19-31/h6-20,22,33H,5,21,23-24H2,1-4H3,(H,37,41)/t33-/m1/s1. The molecule has 7 nitrogen and oxygen atoms in total. The third-order valence-corrected chi connectivity index (χ3v) is 9.39. The lowest BCUT2D eigenvalue weighted by molar-refractivity contribution is -0.140. The Balaban J connectivity index is 1.83. The molecule has 0 radical (unpaired) electrons. The zero-order chi connectivity index (χ0) is 31.9. The highest BCUT2D eigenvalue weighted by atomic mass is 35.5. The van der Waals surface area contributed by atoms with Gasteiger partial charge in [-0.05, 0) is 68.7 Å². The van der Waals surface area contributed by atoms with Crippen molar-refractivity contribution in [1.82, 2.24) is 10.2 Å². The topological polar surface area (TPSA) is 86.8 Å². The molecule has 0 aliphatic carbocycles. The maximum absolute atomic E-state index is 14.5. The number of benzene rings is 4. The number of halogens is 1. The average molecular weight is 632 g/mol. The fourth-order valence-electron chi connectivity index (χ4n) is 5.06. The third-order valence-electron chi connectivity index (χ3n) is 7.39. The summed E-state index contributed by atoms with van der Waals surface area (Å²) in [6, 6.07) is 27.7. The first kappa shape index (κ1) is 32.8. The van der Waals surface area contributed by atoms with Gasteiger partial charge in [-0.1, -0.05) is 95.5 Å². The van der Waals surface area contributed by atoms with E-state index in [4.69, 9.17) is 11.6 Å². The van der Waals surface area contributed by atoms with Crippen molar-refractivity contribution in [3.8, 4) is 0 Å². The van der Waals surface area contributed by atoms with Gasteiger partial charge in [0.05, 0.1) is 10.6 Å². The second kappa shape index (κ2) is 14.6. The van der Waals surface area contributed by atoms with Crippen LogP contribution in [-0.2, 0) is 32.6 Å². The quantitative estimate of drug-likeness (QED) is 0.201. The van der Waals surface area contributed by atoms with Gasteiger partial charge < -0.3 is 10.2 Å². The predicted octanol–water partition coefficient (Wildman–Crippen LogP) is 6.24. The normalized spacial score (nSPS) is 11.9. The minimum atomic E-state index is -4.21. The molecule has 0 aromatic heterocycles. The molecule has 1 atom stereocenters. The number of anilines is 1. The van der Waals surface area contributed by atoms with E-state index in [1.54, 1.807) is 37.3 Å². The first-order valence-electron chi connectivity index (χ1n) is 14.5. The summed E-state index contributed by atoms with van der Waals surface area (Å²) in [7, 11) is -4.21. The molecule has 1 N–H and O–H groups in total. The SMILES string of the molecule is CCNC(=O)[C@@H](Cc1ccccc1)N(Cc1cccc(C)c1)C(=O)CN(c1cc(Cl)ccc1C)S(=O)(=O)c1ccc(C)cc1. The number of hydrogen-bond acceptors (Lipinski definition) is 4. The number of sulfonamides is 1. The van der Waals surface area contributed by atoms with Crippen molar-refractivity contribution in [2.75, 3.05) is 17.4 Å². The summed E-state index contributed by atoms with van der Waals surface area (Å²) < 4.78 is 29.5. The Labute approximate surface area is 265 Å². The largest absolute Gasteiger partial charge is 0.355 e. The zero-order valence-electron chi connectivity index (χ0n) is 25.5. The number of carbonyl (C=O) groups is 2. The van der Waals surface area contributed by atoms with E-state index < -0.39 is 28.5 Å².